The number of aromatic nitrogens is 2. The number of thiophene rings is 1. The molecule has 3 heterocycles. The van der Waals surface area contributed by atoms with E-state index in [9.17, 15) is 0 Å². The van der Waals surface area contributed by atoms with Gasteiger partial charge in [0.15, 0.2) is 0 Å². The van der Waals surface area contributed by atoms with Crippen LogP contribution in [0.15, 0.2) is 91.3 Å². The quantitative estimate of drug-likeness (QED) is 0.128. The van der Waals surface area contributed by atoms with Gasteiger partial charge in [0.25, 0.3) is 0 Å². The average Bonchev–Trinajstić information content (AvgIpc) is 3.70. The van der Waals surface area contributed by atoms with Gasteiger partial charge in [0, 0.05) is 37.2 Å². The predicted octanol–water partition coefficient (Wildman–Crippen LogP) is 10.8. The monoisotopic (exact) mass is 789 g/mol. The van der Waals surface area contributed by atoms with Crippen molar-refractivity contribution in [2.75, 3.05) is 0 Å². The van der Waals surface area contributed by atoms with Gasteiger partial charge in [0.05, 0.1) is 8.07 Å². The summed E-state index contributed by atoms with van der Waals surface area (Å²) in [6.45, 7) is 11.7. The number of benzene rings is 3. The molecule has 0 amide bonds. The van der Waals surface area contributed by atoms with Crippen LogP contribution in [0.1, 0.15) is 62.5 Å². The molecule has 1 saturated carbocycles. The van der Waals surface area contributed by atoms with Crippen molar-refractivity contribution >= 4 is 44.8 Å². The maximum Gasteiger partial charge on any atom is 0.0794 e. The number of rotatable bonds is 5. The standard InChI is InChI=1S/C25H26NSSi.C14H14N.Ir/c1-28(2,3)23-13-7-11-20-19-10-6-12-21(24(19)27-25(20)23)22-16-18(14-15-26-22)17-8-4-5-9-17;1-11(2)13-8-9-14(15-10-13)12-6-4-3-5-7-12;/h6-7,10-11,13-17H,4-5,8-9H2,1-3H3;3-6,8-11H,1-2H3;/q2*-1;. The van der Waals surface area contributed by atoms with Crippen LogP contribution in [-0.4, -0.2) is 18.0 Å². The van der Waals surface area contributed by atoms with Crippen LogP contribution in [0.4, 0.5) is 0 Å². The first-order chi connectivity index (χ1) is 20.8. The largest absolute Gasteiger partial charge is 0.305 e. The molecule has 1 aliphatic rings. The Balaban J connectivity index is 0.000000204. The molecule has 0 N–H and O–H groups in total. The third kappa shape index (κ3) is 6.97. The van der Waals surface area contributed by atoms with Crippen molar-refractivity contribution in [1.82, 2.24) is 9.97 Å². The fourth-order valence-corrected chi connectivity index (χ4v) is 9.81. The topological polar surface area (TPSA) is 25.8 Å². The fraction of sp³-hybridized carbons (Fsp3) is 0.282. The Kier molecular flexibility index (Phi) is 10.3. The number of hydrogen-bond acceptors (Lipinski definition) is 3. The van der Waals surface area contributed by atoms with Crippen LogP contribution < -0.4 is 5.19 Å². The van der Waals surface area contributed by atoms with E-state index in [1.165, 1.54) is 62.5 Å². The van der Waals surface area contributed by atoms with Crippen LogP contribution in [0.5, 0.6) is 0 Å². The molecule has 1 aliphatic carbocycles. The second kappa shape index (κ2) is 14.0. The number of nitrogens with zero attached hydrogens (tertiary/aromatic N) is 2. The summed E-state index contributed by atoms with van der Waals surface area (Å²) < 4.78 is 2.80. The predicted molar refractivity (Wildman–Crippen MR) is 188 cm³/mol. The number of hydrogen-bond donors (Lipinski definition) is 0. The van der Waals surface area contributed by atoms with Crippen molar-refractivity contribution in [1.29, 1.82) is 0 Å². The Bertz CT molecular complexity index is 1830. The SMILES string of the molecule is CC(C)c1ccc(-c2[c-]cccc2)nc1.C[Si](C)(C)c1cccc2c1sc1c(-c3cc(C4CCCC4)ccn3)[c-]ccc12.[Ir]. The summed E-state index contributed by atoms with van der Waals surface area (Å²) in [6.07, 6.45) is 9.30. The summed E-state index contributed by atoms with van der Waals surface area (Å²) in [6, 6.07) is 34.5. The van der Waals surface area contributed by atoms with Crippen LogP contribution in [0, 0.1) is 12.1 Å². The second-order valence-corrected chi connectivity index (χ2v) is 19.1. The van der Waals surface area contributed by atoms with Gasteiger partial charge in [-0.1, -0.05) is 93.7 Å². The summed E-state index contributed by atoms with van der Waals surface area (Å²) in [5, 5.41) is 4.30. The van der Waals surface area contributed by atoms with E-state index in [0.29, 0.717) is 11.8 Å². The zero-order valence-corrected chi connectivity index (χ0v) is 30.5. The zero-order valence-electron chi connectivity index (χ0n) is 26.3. The third-order valence-electron chi connectivity index (χ3n) is 8.57. The van der Waals surface area contributed by atoms with E-state index in [1.807, 2.05) is 48.0 Å². The minimum atomic E-state index is -1.40. The first-order valence-electron chi connectivity index (χ1n) is 15.6. The van der Waals surface area contributed by atoms with E-state index in [4.69, 9.17) is 4.98 Å². The van der Waals surface area contributed by atoms with Gasteiger partial charge in [-0.05, 0) is 63.0 Å². The van der Waals surface area contributed by atoms with Crippen LogP contribution in [-0.2, 0) is 20.1 Å². The van der Waals surface area contributed by atoms with Crippen molar-refractivity contribution in [2.24, 2.45) is 0 Å². The van der Waals surface area contributed by atoms with Crippen LogP contribution in [0.3, 0.4) is 0 Å². The summed E-state index contributed by atoms with van der Waals surface area (Å²) in [5.41, 5.74) is 7.01. The molecule has 2 nitrogen and oxygen atoms in total. The second-order valence-electron chi connectivity index (χ2n) is 13.0. The summed E-state index contributed by atoms with van der Waals surface area (Å²) in [4.78, 5) is 9.20. The van der Waals surface area contributed by atoms with Crippen molar-refractivity contribution in [3.63, 3.8) is 0 Å². The zero-order chi connectivity index (χ0) is 30.0. The van der Waals surface area contributed by atoms with Gasteiger partial charge in [-0.3, -0.25) is 0 Å². The molecule has 0 bridgehead atoms. The molecule has 227 valence electrons. The van der Waals surface area contributed by atoms with Gasteiger partial charge in [-0.25, -0.2) is 0 Å². The minimum Gasteiger partial charge on any atom is -0.305 e. The average molecular weight is 789 g/mol. The van der Waals surface area contributed by atoms with E-state index < -0.39 is 8.07 Å². The Labute approximate surface area is 281 Å². The third-order valence-corrected chi connectivity index (χ3v) is 12.1. The number of pyridine rings is 2. The smallest absolute Gasteiger partial charge is 0.0794 e. The van der Waals surface area contributed by atoms with Crippen LogP contribution in [0.25, 0.3) is 42.7 Å². The van der Waals surface area contributed by atoms with Crippen LogP contribution in [0.2, 0.25) is 19.6 Å². The van der Waals surface area contributed by atoms with Crippen molar-refractivity contribution < 1.29 is 20.1 Å². The van der Waals surface area contributed by atoms with Crippen molar-refractivity contribution in [2.45, 2.75) is 71.0 Å². The molecule has 5 heteroatoms. The van der Waals surface area contributed by atoms with E-state index >= 15 is 0 Å². The molecular weight excluding hydrogens is 749 g/mol. The minimum absolute atomic E-state index is 0. The first kappa shape index (κ1) is 32.4. The first-order valence-corrected chi connectivity index (χ1v) is 19.9. The van der Waals surface area contributed by atoms with Crippen molar-refractivity contribution in [3.8, 4) is 22.5 Å². The molecule has 0 saturated heterocycles. The van der Waals surface area contributed by atoms with Gasteiger partial charge in [0.2, 0.25) is 0 Å². The van der Waals surface area contributed by atoms with Gasteiger partial charge in [0.1, 0.15) is 0 Å². The maximum absolute atomic E-state index is 4.76. The summed E-state index contributed by atoms with van der Waals surface area (Å²) in [7, 11) is -1.40. The van der Waals surface area contributed by atoms with E-state index in [2.05, 4.69) is 105 Å². The number of fused-ring (bicyclic) bond motifs is 3. The summed E-state index contributed by atoms with van der Waals surface area (Å²) >= 11 is 1.94. The molecule has 1 fully saturated rings. The van der Waals surface area contributed by atoms with E-state index in [1.54, 1.807) is 5.19 Å². The summed E-state index contributed by atoms with van der Waals surface area (Å²) in [5.74, 6) is 1.24. The van der Waals surface area contributed by atoms with Gasteiger partial charge >= 0.3 is 0 Å². The Hall–Kier alpha value is -2.95. The molecule has 3 aromatic carbocycles. The Morgan fingerprint density at radius 2 is 1.59 bits per heavy atom. The molecule has 0 unspecified atom stereocenters. The molecule has 6 aromatic rings. The van der Waals surface area contributed by atoms with Crippen LogP contribution >= 0.6 is 11.3 Å². The molecule has 3 aromatic heterocycles. The Morgan fingerprint density at radius 1 is 0.795 bits per heavy atom. The fourth-order valence-electron chi connectivity index (χ4n) is 6.10. The molecule has 0 atom stereocenters. The van der Waals surface area contributed by atoms with Gasteiger partial charge in [-0.2, -0.15) is 11.3 Å². The molecule has 0 aliphatic heterocycles. The van der Waals surface area contributed by atoms with Gasteiger partial charge in [-0.15, -0.1) is 59.7 Å². The van der Waals surface area contributed by atoms with E-state index in [-0.39, 0.29) is 20.1 Å². The Morgan fingerprint density at radius 3 is 2.27 bits per heavy atom. The molecule has 7 rings (SSSR count). The molecule has 1 radical (unpaired) electrons. The van der Waals surface area contributed by atoms with E-state index in [0.717, 1.165) is 17.0 Å². The maximum atomic E-state index is 4.76. The van der Waals surface area contributed by atoms with Gasteiger partial charge < -0.3 is 9.97 Å². The molecule has 44 heavy (non-hydrogen) atoms. The normalized spacial score (nSPS) is 13.6. The van der Waals surface area contributed by atoms with Crippen molar-refractivity contribution in [3.05, 3.63) is 115 Å². The molecular formula is C39H40IrN2SSi-2. The molecule has 0 spiro atoms.